The van der Waals surface area contributed by atoms with E-state index in [0.717, 1.165) is 50.6 Å². The zero-order chi connectivity index (χ0) is 18.7. The minimum absolute atomic E-state index is 0.261. The van der Waals surface area contributed by atoms with Crippen molar-refractivity contribution in [2.75, 3.05) is 23.3 Å². The molecule has 6 nitrogen and oxygen atoms in total. The fourth-order valence-corrected chi connectivity index (χ4v) is 3.02. The molecule has 1 saturated heterocycles. The van der Waals surface area contributed by atoms with E-state index in [-0.39, 0.29) is 17.8 Å². The van der Waals surface area contributed by atoms with Crippen LogP contribution >= 0.6 is 0 Å². The van der Waals surface area contributed by atoms with Crippen LogP contribution in [0.1, 0.15) is 25.0 Å². The van der Waals surface area contributed by atoms with E-state index in [4.69, 9.17) is 0 Å². The highest BCUT2D eigenvalue weighted by Crippen LogP contribution is 2.18. The number of nitrogens with zero attached hydrogens (tertiary/aromatic N) is 3. The fraction of sp³-hybridized carbons (Fsp3) is 0.389. The van der Waals surface area contributed by atoms with Gasteiger partial charge in [-0.15, -0.1) is 0 Å². The number of benzene rings is 1. The maximum atomic E-state index is 13.7. The summed E-state index contributed by atoms with van der Waals surface area (Å²) < 4.78 is 28.2. The molecule has 1 fully saturated rings. The fourth-order valence-electron chi connectivity index (χ4n) is 3.02. The average Bonchev–Trinajstić information content (AvgIpc) is 2.61. The topological polar surface area (TPSA) is 67.2 Å². The van der Waals surface area contributed by atoms with Gasteiger partial charge in [0.05, 0.1) is 5.69 Å². The summed E-state index contributed by atoms with van der Waals surface area (Å²) in [6, 6.07) is 4.15. The Morgan fingerprint density at radius 2 is 1.92 bits per heavy atom. The number of rotatable bonds is 4. The molecule has 1 amide bonds. The first-order valence-electron chi connectivity index (χ1n) is 8.52. The number of halogens is 2. The molecule has 2 heterocycles. The van der Waals surface area contributed by atoms with Crippen molar-refractivity contribution in [3.05, 3.63) is 51.9 Å². The number of aryl methyl sites for hydroxylation is 1. The quantitative estimate of drug-likeness (QED) is 0.907. The standard InChI is InChI=1S/C18H20F2N4O2/c1-12-9-17(26)24(18(21-12)23-7-3-2-4-8-23)11-16(25)22-15-10-13(19)5-6-14(15)20/h5-6,9-10H,2-4,7-8,11H2,1H3,(H,22,25). The molecule has 1 aliphatic heterocycles. The van der Waals surface area contributed by atoms with E-state index in [1.165, 1.54) is 10.6 Å². The molecule has 1 N–H and O–H groups in total. The van der Waals surface area contributed by atoms with Crippen LogP contribution in [-0.2, 0) is 11.3 Å². The number of nitrogens with one attached hydrogen (secondary N) is 1. The second kappa shape index (κ2) is 7.63. The lowest BCUT2D eigenvalue weighted by Gasteiger charge is -2.29. The zero-order valence-electron chi connectivity index (χ0n) is 14.5. The smallest absolute Gasteiger partial charge is 0.255 e. The Morgan fingerprint density at radius 1 is 1.19 bits per heavy atom. The van der Waals surface area contributed by atoms with Crippen molar-refractivity contribution >= 4 is 17.5 Å². The lowest BCUT2D eigenvalue weighted by molar-refractivity contribution is -0.116. The Balaban J connectivity index is 1.85. The lowest BCUT2D eigenvalue weighted by atomic mass is 10.1. The van der Waals surface area contributed by atoms with Crippen molar-refractivity contribution in [2.45, 2.75) is 32.7 Å². The molecule has 0 spiro atoms. The second-order valence-corrected chi connectivity index (χ2v) is 6.34. The molecule has 1 aromatic carbocycles. The molecular weight excluding hydrogens is 342 g/mol. The first-order chi connectivity index (χ1) is 12.4. The van der Waals surface area contributed by atoms with Gasteiger partial charge in [-0.1, -0.05) is 0 Å². The normalized spacial score (nSPS) is 14.3. The maximum Gasteiger partial charge on any atom is 0.255 e. The van der Waals surface area contributed by atoms with Gasteiger partial charge in [0.15, 0.2) is 0 Å². The van der Waals surface area contributed by atoms with E-state index in [1.54, 1.807) is 6.92 Å². The van der Waals surface area contributed by atoms with Gasteiger partial charge in [0.2, 0.25) is 11.9 Å². The van der Waals surface area contributed by atoms with Crippen LogP contribution in [0.25, 0.3) is 0 Å². The molecule has 3 rings (SSSR count). The van der Waals surface area contributed by atoms with Crippen molar-refractivity contribution in [3.63, 3.8) is 0 Å². The first-order valence-corrected chi connectivity index (χ1v) is 8.52. The number of carbonyl (C=O) groups excluding carboxylic acids is 1. The molecule has 0 atom stereocenters. The number of hydrogen-bond donors (Lipinski definition) is 1. The predicted octanol–water partition coefficient (Wildman–Crippen LogP) is 2.46. The van der Waals surface area contributed by atoms with Gasteiger partial charge >= 0.3 is 0 Å². The second-order valence-electron chi connectivity index (χ2n) is 6.34. The van der Waals surface area contributed by atoms with Crippen LogP contribution in [0.5, 0.6) is 0 Å². The molecular formula is C18H20F2N4O2. The van der Waals surface area contributed by atoms with Crippen LogP contribution in [0.4, 0.5) is 20.4 Å². The summed E-state index contributed by atoms with van der Waals surface area (Å²) in [5.41, 5.74) is -0.0426. The number of piperidine rings is 1. The Hall–Kier alpha value is -2.77. The summed E-state index contributed by atoms with van der Waals surface area (Å²) in [6.07, 6.45) is 3.10. The van der Waals surface area contributed by atoms with Gasteiger partial charge in [0, 0.05) is 30.9 Å². The van der Waals surface area contributed by atoms with Gasteiger partial charge in [0.1, 0.15) is 18.2 Å². The van der Waals surface area contributed by atoms with E-state index in [1.807, 2.05) is 4.90 Å². The number of hydrogen-bond acceptors (Lipinski definition) is 4. The molecule has 0 unspecified atom stereocenters. The zero-order valence-corrected chi connectivity index (χ0v) is 14.5. The third-order valence-corrected chi connectivity index (χ3v) is 4.26. The summed E-state index contributed by atoms with van der Waals surface area (Å²) in [6.45, 7) is 2.92. The van der Waals surface area contributed by atoms with Crippen LogP contribution in [0.15, 0.2) is 29.1 Å². The number of carbonyl (C=O) groups is 1. The van der Waals surface area contributed by atoms with Crippen molar-refractivity contribution in [3.8, 4) is 0 Å². The Morgan fingerprint density at radius 3 is 2.65 bits per heavy atom. The minimum Gasteiger partial charge on any atom is -0.342 e. The van der Waals surface area contributed by atoms with Gasteiger partial charge in [0.25, 0.3) is 5.56 Å². The van der Waals surface area contributed by atoms with Gasteiger partial charge in [-0.3, -0.25) is 14.2 Å². The SMILES string of the molecule is Cc1cc(=O)n(CC(=O)Nc2cc(F)ccc2F)c(N2CCCCC2)n1. The van der Waals surface area contributed by atoms with Gasteiger partial charge in [-0.2, -0.15) is 0 Å². The Kier molecular flexibility index (Phi) is 5.29. The van der Waals surface area contributed by atoms with Crippen molar-refractivity contribution in [1.29, 1.82) is 0 Å². The molecule has 2 aromatic rings. The summed E-state index contributed by atoms with van der Waals surface area (Å²) in [5.74, 6) is -1.60. The maximum absolute atomic E-state index is 13.7. The van der Waals surface area contributed by atoms with E-state index in [0.29, 0.717) is 11.6 Å². The predicted molar refractivity (Wildman–Crippen MR) is 94.3 cm³/mol. The van der Waals surface area contributed by atoms with Crippen LogP contribution in [0, 0.1) is 18.6 Å². The number of amides is 1. The van der Waals surface area contributed by atoms with E-state index in [9.17, 15) is 18.4 Å². The highest BCUT2D eigenvalue weighted by Gasteiger charge is 2.19. The number of aromatic nitrogens is 2. The van der Waals surface area contributed by atoms with Crippen LogP contribution in [0.2, 0.25) is 0 Å². The van der Waals surface area contributed by atoms with Gasteiger partial charge in [-0.05, 0) is 38.3 Å². The molecule has 138 valence electrons. The van der Waals surface area contributed by atoms with Crippen LogP contribution in [-0.4, -0.2) is 28.5 Å². The lowest BCUT2D eigenvalue weighted by Crippen LogP contribution is -2.38. The number of anilines is 2. The summed E-state index contributed by atoms with van der Waals surface area (Å²) >= 11 is 0. The van der Waals surface area contributed by atoms with Crippen molar-refractivity contribution in [1.82, 2.24) is 9.55 Å². The molecule has 1 aromatic heterocycles. The molecule has 1 aliphatic rings. The molecule has 26 heavy (non-hydrogen) atoms. The van der Waals surface area contributed by atoms with Gasteiger partial charge in [-0.25, -0.2) is 13.8 Å². The minimum atomic E-state index is -0.745. The Bertz CT molecular complexity index is 876. The van der Waals surface area contributed by atoms with E-state index < -0.39 is 17.5 Å². The molecule has 0 saturated carbocycles. The van der Waals surface area contributed by atoms with E-state index in [2.05, 4.69) is 10.3 Å². The molecule has 0 radical (unpaired) electrons. The highest BCUT2D eigenvalue weighted by molar-refractivity contribution is 5.90. The van der Waals surface area contributed by atoms with E-state index >= 15 is 0 Å². The molecule has 0 aliphatic carbocycles. The molecule has 0 bridgehead atoms. The third kappa shape index (κ3) is 4.07. The molecule has 8 heteroatoms. The van der Waals surface area contributed by atoms with Crippen LogP contribution in [0.3, 0.4) is 0 Å². The average molecular weight is 362 g/mol. The monoisotopic (exact) mass is 362 g/mol. The highest BCUT2D eigenvalue weighted by atomic mass is 19.1. The largest absolute Gasteiger partial charge is 0.342 e. The van der Waals surface area contributed by atoms with Crippen molar-refractivity contribution < 1.29 is 13.6 Å². The summed E-state index contributed by atoms with van der Waals surface area (Å²) in [4.78, 5) is 31.1. The first kappa shape index (κ1) is 18.0. The summed E-state index contributed by atoms with van der Waals surface area (Å²) in [7, 11) is 0. The van der Waals surface area contributed by atoms with Gasteiger partial charge < -0.3 is 10.2 Å². The summed E-state index contributed by atoms with van der Waals surface area (Å²) in [5, 5.41) is 2.31. The van der Waals surface area contributed by atoms with Crippen molar-refractivity contribution in [2.24, 2.45) is 0 Å². The Labute approximate surface area is 149 Å². The van der Waals surface area contributed by atoms with Crippen LogP contribution < -0.4 is 15.8 Å². The third-order valence-electron chi connectivity index (χ3n) is 4.26.